The van der Waals surface area contributed by atoms with E-state index < -0.39 is 0 Å². The Kier molecular flexibility index (Phi) is 9.41. The third-order valence-corrected chi connectivity index (χ3v) is 2.09. The standard InChI is InChI=1S/C9H12O2.C6H10O/c1-2-4-7-5-3-6-8(10)9(7)11;1-3-5-7-6-4-2/h3,5-6,10-11H,2,4H2,1H3;3-4H,1-2,5-6H2. The van der Waals surface area contributed by atoms with Crippen molar-refractivity contribution in [1.82, 2.24) is 0 Å². The number of benzene rings is 1. The smallest absolute Gasteiger partial charge is 0.160 e. The predicted octanol–water partition coefficient (Wildman–Crippen LogP) is 3.43. The molecule has 0 unspecified atom stereocenters. The highest BCUT2D eigenvalue weighted by Crippen LogP contribution is 2.28. The summed E-state index contributed by atoms with van der Waals surface area (Å²) in [6.45, 7) is 10.2. The molecule has 0 aromatic heterocycles. The average molecular weight is 250 g/mol. The van der Waals surface area contributed by atoms with E-state index in [0.29, 0.717) is 13.2 Å². The van der Waals surface area contributed by atoms with E-state index >= 15 is 0 Å². The zero-order valence-corrected chi connectivity index (χ0v) is 10.9. The first-order valence-electron chi connectivity index (χ1n) is 5.96. The molecule has 0 radical (unpaired) electrons. The van der Waals surface area contributed by atoms with Crippen LogP contribution in [0.5, 0.6) is 11.5 Å². The molecular weight excluding hydrogens is 228 g/mol. The zero-order valence-electron chi connectivity index (χ0n) is 10.9. The molecule has 0 fully saturated rings. The second kappa shape index (κ2) is 10.4. The van der Waals surface area contributed by atoms with E-state index in [9.17, 15) is 5.11 Å². The van der Waals surface area contributed by atoms with Crippen LogP contribution in [0.3, 0.4) is 0 Å². The highest BCUT2D eigenvalue weighted by atomic mass is 16.5. The average Bonchev–Trinajstić information content (AvgIpc) is 2.37. The van der Waals surface area contributed by atoms with Crippen molar-refractivity contribution >= 4 is 0 Å². The largest absolute Gasteiger partial charge is 0.504 e. The number of aryl methyl sites for hydroxylation is 1. The van der Waals surface area contributed by atoms with Crippen LogP contribution in [0.25, 0.3) is 0 Å². The quantitative estimate of drug-likeness (QED) is 0.462. The highest BCUT2D eigenvalue weighted by molar-refractivity contribution is 5.44. The number of phenols is 2. The van der Waals surface area contributed by atoms with Gasteiger partial charge in [-0.3, -0.25) is 0 Å². The zero-order chi connectivity index (χ0) is 13.8. The summed E-state index contributed by atoms with van der Waals surface area (Å²) >= 11 is 0. The van der Waals surface area contributed by atoms with Gasteiger partial charge in [-0.1, -0.05) is 37.6 Å². The number of aromatic hydroxyl groups is 2. The Morgan fingerprint density at radius 2 is 1.78 bits per heavy atom. The molecule has 2 N–H and O–H groups in total. The Hall–Kier alpha value is -1.74. The summed E-state index contributed by atoms with van der Waals surface area (Å²) in [7, 11) is 0. The van der Waals surface area contributed by atoms with Gasteiger partial charge in [0.1, 0.15) is 0 Å². The molecule has 0 aliphatic heterocycles. The Morgan fingerprint density at radius 1 is 1.17 bits per heavy atom. The summed E-state index contributed by atoms with van der Waals surface area (Å²) in [6.07, 6.45) is 5.20. The molecule has 0 saturated carbocycles. The van der Waals surface area contributed by atoms with E-state index in [2.05, 4.69) is 13.2 Å². The fraction of sp³-hybridized carbons (Fsp3) is 0.333. The number of para-hydroxylation sites is 1. The lowest BCUT2D eigenvalue weighted by molar-refractivity contribution is 0.194. The lowest BCUT2D eigenvalue weighted by Crippen LogP contribution is -1.87. The van der Waals surface area contributed by atoms with E-state index in [1.165, 1.54) is 6.07 Å². The van der Waals surface area contributed by atoms with Gasteiger partial charge in [-0.05, 0) is 18.1 Å². The Labute approximate surface area is 109 Å². The van der Waals surface area contributed by atoms with Crippen LogP contribution >= 0.6 is 0 Å². The van der Waals surface area contributed by atoms with Crippen molar-refractivity contribution in [3.8, 4) is 11.5 Å². The maximum atomic E-state index is 9.28. The summed E-state index contributed by atoms with van der Waals surface area (Å²) in [4.78, 5) is 0. The normalized spacial score (nSPS) is 9.17. The number of phenolic OH excluding ortho intramolecular Hbond substituents is 2. The molecule has 0 heterocycles. The summed E-state index contributed by atoms with van der Waals surface area (Å²) in [5, 5.41) is 18.4. The van der Waals surface area contributed by atoms with Crippen molar-refractivity contribution < 1.29 is 14.9 Å². The number of hydrogen-bond acceptors (Lipinski definition) is 3. The molecule has 0 amide bonds. The molecule has 0 spiro atoms. The van der Waals surface area contributed by atoms with Gasteiger partial charge < -0.3 is 14.9 Å². The molecule has 1 aromatic rings. The summed E-state index contributed by atoms with van der Waals surface area (Å²) in [5.74, 6) is -0.00898. The van der Waals surface area contributed by atoms with E-state index in [0.717, 1.165) is 18.4 Å². The molecule has 3 nitrogen and oxygen atoms in total. The molecule has 0 saturated heterocycles. The van der Waals surface area contributed by atoms with Crippen molar-refractivity contribution in [3.05, 3.63) is 49.1 Å². The van der Waals surface area contributed by atoms with E-state index in [1.807, 2.05) is 13.0 Å². The molecule has 0 atom stereocenters. The maximum Gasteiger partial charge on any atom is 0.160 e. The van der Waals surface area contributed by atoms with Gasteiger partial charge in [-0.2, -0.15) is 0 Å². The van der Waals surface area contributed by atoms with Crippen LogP contribution in [0.15, 0.2) is 43.5 Å². The fourth-order valence-electron chi connectivity index (χ4n) is 1.28. The summed E-state index contributed by atoms with van der Waals surface area (Å²) < 4.78 is 4.90. The van der Waals surface area contributed by atoms with Crippen LogP contribution < -0.4 is 0 Å². The Balaban J connectivity index is 0.000000360. The highest BCUT2D eigenvalue weighted by Gasteiger charge is 2.02. The monoisotopic (exact) mass is 250 g/mol. The SMILES string of the molecule is C=CCOCC=C.CCCc1cccc(O)c1O. The van der Waals surface area contributed by atoms with Gasteiger partial charge in [0.15, 0.2) is 11.5 Å². The van der Waals surface area contributed by atoms with Gasteiger partial charge in [-0.15, -0.1) is 13.2 Å². The van der Waals surface area contributed by atoms with E-state index in [1.54, 1.807) is 18.2 Å². The molecule has 0 bridgehead atoms. The minimum Gasteiger partial charge on any atom is -0.504 e. The number of rotatable bonds is 6. The Bertz CT molecular complexity index is 351. The molecule has 1 aromatic carbocycles. The molecule has 0 aliphatic rings. The van der Waals surface area contributed by atoms with Crippen molar-refractivity contribution in [1.29, 1.82) is 0 Å². The molecular formula is C15H22O3. The number of ether oxygens (including phenoxy) is 1. The van der Waals surface area contributed by atoms with Crippen LogP contribution in [-0.2, 0) is 11.2 Å². The first-order chi connectivity index (χ1) is 8.67. The van der Waals surface area contributed by atoms with Crippen molar-refractivity contribution in [2.75, 3.05) is 13.2 Å². The van der Waals surface area contributed by atoms with Crippen LogP contribution in [0.2, 0.25) is 0 Å². The third-order valence-electron chi connectivity index (χ3n) is 2.09. The molecule has 18 heavy (non-hydrogen) atoms. The molecule has 100 valence electrons. The topological polar surface area (TPSA) is 49.7 Å². The molecule has 3 heteroatoms. The first-order valence-corrected chi connectivity index (χ1v) is 5.96. The second-order valence-corrected chi connectivity index (χ2v) is 3.65. The second-order valence-electron chi connectivity index (χ2n) is 3.65. The first kappa shape index (κ1) is 16.3. The van der Waals surface area contributed by atoms with Gasteiger partial charge in [0.05, 0.1) is 13.2 Å². The Morgan fingerprint density at radius 3 is 2.28 bits per heavy atom. The number of hydrogen-bond donors (Lipinski definition) is 2. The molecule has 1 rings (SSSR count). The van der Waals surface area contributed by atoms with E-state index in [4.69, 9.17) is 9.84 Å². The summed E-state index contributed by atoms with van der Waals surface area (Å²) in [6, 6.07) is 5.03. The van der Waals surface area contributed by atoms with Gasteiger partial charge in [0.25, 0.3) is 0 Å². The van der Waals surface area contributed by atoms with E-state index in [-0.39, 0.29) is 11.5 Å². The fourth-order valence-corrected chi connectivity index (χ4v) is 1.28. The van der Waals surface area contributed by atoms with Gasteiger partial charge in [0.2, 0.25) is 0 Å². The lowest BCUT2D eigenvalue weighted by Gasteiger charge is -2.03. The van der Waals surface area contributed by atoms with Crippen LogP contribution in [0, 0.1) is 0 Å². The maximum absolute atomic E-state index is 9.28. The van der Waals surface area contributed by atoms with Crippen molar-refractivity contribution in [3.63, 3.8) is 0 Å². The van der Waals surface area contributed by atoms with Gasteiger partial charge >= 0.3 is 0 Å². The molecule has 0 aliphatic carbocycles. The lowest BCUT2D eigenvalue weighted by atomic mass is 10.1. The van der Waals surface area contributed by atoms with Crippen LogP contribution in [0.4, 0.5) is 0 Å². The predicted molar refractivity (Wildman–Crippen MR) is 75.0 cm³/mol. The summed E-state index contributed by atoms with van der Waals surface area (Å²) in [5.41, 5.74) is 0.813. The van der Waals surface area contributed by atoms with Crippen molar-refractivity contribution in [2.24, 2.45) is 0 Å². The van der Waals surface area contributed by atoms with Gasteiger partial charge in [-0.25, -0.2) is 0 Å². The van der Waals surface area contributed by atoms with Crippen LogP contribution in [0.1, 0.15) is 18.9 Å². The minimum absolute atomic E-state index is 0.0225. The minimum atomic E-state index is -0.0315. The van der Waals surface area contributed by atoms with Gasteiger partial charge in [0, 0.05) is 0 Å². The van der Waals surface area contributed by atoms with Crippen LogP contribution in [-0.4, -0.2) is 23.4 Å². The third kappa shape index (κ3) is 6.76. The van der Waals surface area contributed by atoms with Crippen molar-refractivity contribution in [2.45, 2.75) is 19.8 Å².